The molecule has 1 amide bonds. The van der Waals surface area contributed by atoms with Gasteiger partial charge in [0.05, 0.1) is 5.56 Å². The highest BCUT2D eigenvalue weighted by atomic mass is 32.2. The Balaban J connectivity index is 2.26. The number of pyridine rings is 1. The summed E-state index contributed by atoms with van der Waals surface area (Å²) in [5, 5.41) is 11.4. The van der Waals surface area contributed by atoms with Crippen LogP contribution >= 0.6 is 11.8 Å². The fraction of sp³-hybridized carbons (Fsp3) is 0.462. The number of hydrogen-bond acceptors (Lipinski definition) is 4. The molecule has 1 N–H and O–H groups in total. The first-order chi connectivity index (χ1) is 8.77. The molecule has 96 valence electrons. The zero-order valence-electron chi connectivity index (χ0n) is 10.5. The molecule has 0 atom stereocenters. The Morgan fingerprint density at radius 1 is 1.44 bits per heavy atom. The molecule has 1 aromatic heterocycles. The number of hydrogen-bond donors (Lipinski definition) is 1. The molecule has 0 fully saturated rings. The van der Waals surface area contributed by atoms with Gasteiger partial charge in [-0.3, -0.25) is 4.79 Å². The van der Waals surface area contributed by atoms with Gasteiger partial charge in [0.15, 0.2) is 0 Å². The number of nitrogens with one attached hydrogen (secondary N) is 1. The van der Waals surface area contributed by atoms with E-state index in [1.165, 1.54) is 18.4 Å². The molecule has 0 aromatic carbocycles. The minimum atomic E-state index is -0.177. The molecule has 0 aliphatic carbocycles. The van der Waals surface area contributed by atoms with E-state index in [0.717, 1.165) is 12.8 Å². The Kier molecular flexibility index (Phi) is 6.89. The minimum absolute atomic E-state index is 0.177. The van der Waals surface area contributed by atoms with Crippen molar-refractivity contribution in [3.05, 3.63) is 29.6 Å². The number of nitrogens with zero attached hydrogens (tertiary/aromatic N) is 2. The van der Waals surface area contributed by atoms with Gasteiger partial charge in [-0.25, -0.2) is 4.98 Å². The average Bonchev–Trinajstić information content (AvgIpc) is 2.42. The van der Waals surface area contributed by atoms with Gasteiger partial charge in [0.2, 0.25) is 0 Å². The molecule has 0 bridgehead atoms. The van der Waals surface area contributed by atoms with Gasteiger partial charge in [0.1, 0.15) is 11.8 Å². The molecular weight excluding hydrogens is 246 g/mol. The Morgan fingerprint density at radius 3 is 2.89 bits per heavy atom. The van der Waals surface area contributed by atoms with E-state index >= 15 is 0 Å². The minimum Gasteiger partial charge on any atom is -0.351 e. The van der Waals surface area contributed by atoms with E-state index in [4.69, 9.17) is 5.26 Å². The van der Waals surface area contributed by atoms with Crippen LogP contribution in [0.2, 0.25) is 0 Å². The van der Waals surface area contributed by atoms with E-state index in [0.29, 0.717) is 17.8 Å². The van der Waals surface area contributed by atoms with Crippen molar-refractivity contribution in [2.24, 2.45) is 0 Å². The highest BCUT2D eigenvalue weighted by Gasteiger charge is 2.05. The summed E-state index contributed by atoms with van der Waals surface area (Å²) in [4.78, 5) is 15.6. The summed E-state index contributed by atoms with van der Waals surface area (Å²) >= 11 is 1.84. The van der Waals surface area contributed by atoms with Crippen LogP contribution in [0.15, 0.2) is 18.3 Å². The number of carbonyl (C=O) groups is 1. The normalized spacial score (nSPS) is 9.78. The van der Waals surface area contributed by atoms with E-state index in [9.17, 15) is 4.79 Å². The number of carbonyl (C=O) groups excluding carboxylic acids is 1. The molecule has 1 aromatic rings. The third-order valence-electron chi connectivity index (χ3n) is 2.44. The van der Waals surface area contributed by atoms with Gasteiger partial charge in [-0.15, -0.1) is 0 Å². The van der Waals surface area contributed by atoms with Crippen LogP contribution in [0, 0.1) is 11.3 Å². The summed E-state index contributed by atoms with van der Waals surface area (Å²) in [6.45, 7) is 0.675. The summed E-state index contributed by atoms with van der Waals surface area (Å²) in [5.74, 6) is 0.995. The van der Waals surface area contributed by atoms with Crippen LogP contribution < -0.4 is 5.32 Å². The molecule has 0 radical (unpaired) electrons. The highest BCUT2D eigenvalue weighted by molar-refractivity contribution is 7.98. The lowest BCUT2D eigenvalue weighted by Gasteiger charge is -2.04. The number of amides is 1. The topological polar surface area (TPSA) is 65.8 Å². The first-order valence-corrected chi connectivity index (χ1v) is 7.30. The lowest BCUT2D eigenvalue weighted by atomic mass is 10.2. The lowest BCUT2D eigenvalue weighted by Crippen LogP contribution is -2.25. The van der Waals surface area contributed by atoms with Crippen molar-refractivity contribution in [1.82, 2.24) is 10.3 Å². The van der Waals surface area contributed by atoms with Crippen molar-refractivity contribution in [1.29, 1.82) is 5.26 Å². The molecule has 1 rings (SSSR count). The van der Waals surface area contributed by atoms with Gasteiger partial charge in [-0.2, -0.15) is 17.0 Å². The highest BCUT2D eigenvalue weighted by Crippen LogP contribution is 2.02. The zero-order valence-corrected chi connectivity index (χ0v) is 11.3. The molecule has 4 nitrogen and oxygen atoms in total. The standard InChI is InChI=1S/C13H17N3OS/c1-18-8-4-2-3-7-15-13(17)12-6-5-11(9-14)10-16-12/h5-6,10H,2-4,7-8H2,1H3,(H,15,17). The SMILES string of the molecule is CSCCCCCNC(=O)c1ccc(C#N)cn1. The molecule has 1 heterocycles. The quantitative estimate of drug-likeness (QED) is 0.766. The van der Waals surface area contributed by atoms with Crippen LogP contribution in [0.4, 0.5) is 0 Å². The van der Waals surface area contributed by atoms with E-state index in [1.807, 2.05) is 17.8 Å². The molecule has 0 aliphatic heterocycles. The fourth-order valence-corrected chi connectivity index (χ4v) is 1.93. The van der Waals surface area contributed by atoms with Crippen LogP contribution in [0.5, 0.6) is 0 Å². The maximum atomic E-state index is 11.7. The molecule has 0 saturated carbocycles. The molecule has 0 aliphatic rings. The van der Waals surface area contributed by atoms with Crippen molar-refractivity contribution in [3.8, 4) is 6.07 Å². The van der Waals surface area contributed by atoms with Crippen LogP contribution in [0.1, 0.15) is 35.3 Å². The maximum Gasteiger partial charge on any atom is 0.269 e. The molecule has 18 heavy (non-hydrogen) atoms. The van der Waals surface area contributed by atoms with E-state index in [2.05, 4.69) is 16.6 Å². The summed E-state index contributed by atoms with van der Waals surface area (Å²) < 4.78 is 0. The summed E-state index contributed by atoms with van der Waals surface area (Å²) in [6.07, 6.45) is 6.81. The monoisotopic (exact) mass is 263 g/mol. The summed E-state index contributed by atoms with van der Waals surface area (Å²) in [7, 11) is 0. The predicted octanol–water partition coefficient (Wildman–Crippen LogP) is 2.22. The number of rotatable bonds is 7. The zero-order chi connectivity index (χ0) is 13.2. The van der Waals surface area contributed by atoms with Crippen molar-refractivity contribution in [2.45, 2.75) is 19.3 Å². The van der Waals surface area contributed by atoms with E-state index < -0.39 is 0 Å². The van der Waals surface area contributed by atoms with Crippen molar-refractivity contribution >= 4 is 17.7 Å². The summed E-state index contributed by atoms with van der Waals surface area (Å²) in [5.41, 5.74) is 0.821. The number of thioether (sulfide) groups is 1. The van der Waals surface area contributed by atoms with Gasteiger partial charge < -0.3 is 5.32 Å². The number of nitriles is 1. The van der Waals surface area contributed by atoms with Crippen LogP contribution in [0.3, 0.4) is 0 Å². The molecule has 0 saturated heterocycles. The van der Waals surface area contributed by atoms with Crippen LogP contribution in [-0.4, -0.2) is 29.4 Å². The average molecular weight is 263 g/mol. The largest absolute Gasteiger partial charge is 0.351 e. The second-order valence-electron chi connectivity index (χ2n) is 3.85. The Morgan fingerprint density at radius 2 is 2.28 bits per heavy atom. The van der Waals surface area contributed by atoms with Gasteiger partial charge in [-0.05, 0) is 37.0 Å². The fourth-order valence-electron chi connectivity index (χ4n) is 1.43. The van der Waals surface area contributed by atoms with Crippen LogP contribution in [0.25, 0.3) is 0 Å². The van der Waals surface area contributed by atoms with Crippen molar-refractivity contribution < 1.29 is 4.79 Å². The third-order valence-corrected chi connectivity index (χ3v) is 3.13. The Labute approximate surface area is 112 Å². The summed E-state index contributed by atoms with van der Waals surface area (Å²) in [6, 6.07) is 5.14. The first kappa shape index (κ1) is 14.5. The van der Waals surface area contributed by atoms with E-state index in [-0.39, 0.29) is 5.91 Å². The van der Waals surface area contributed by atoms with Crippen molar-refractivity contribution in [3.63, 3.8) is 0 Å². The Bertz CT molecular complexity index is 411. The van der Waals surface area contributed by atoms with E-state index in [1.54, 1.807) is 12.1 Å². The predicted molar refractivity (Wildman–Crippen MR) is 73.5 cm³/mol. The molecule has 0 unspecified atom stereocenters. The maximum absolute atomic E-state index is 11.7. The molecule has 5 heteroatoms. The second-order valence-corrected chi connectivity index (χ2v) is 4.84. The molecule has 0 spiro atoms. The van der Waals surface area contributed by atoms with Crippen LogP contribution in [-0.2, 0) is 0 Å². The smallest absolute Gasteiger partial charge is 0.269 e. The van der Waals surface area contributed by atoms with Gasteiger partial charge in [-0.1, -0.05) is 6.42 Å². The van der Waals surface area contributed by atoms with Gasteiger partial charge in [0.25, 0.3) is 5.91 Å². The van der Waals surface area contributed by atoms with Gasteiger partial charge in [0, 0.05) is 12.7 Å². The lowest BCUT2D eigenvalue weighted by molar-refractivity contribution is 0.0948. The number of unbranched alkanes of at least 4 members (excludes halogenated alkanes) is 2. The van der Waals surface area contributed by atoms with Crippen molar-refractivity contribution in [2.75, 3.05) is 18.6 Å². The van der Waals surface area contributed by atoms with Gasteiger partial charge >= 0.3 is 0 Å². The Hall–Kier alpha value is -1.54. The number of aromatic nitrogens is 1. The third kappa shape index (κ3) is 5.19. The second kappa shape index (κ2) is 8.54. The molecular formula is C13H17N3OS. The first-order valence-electron chi connectivity index (χ1n) is 5.91.